The molecule has 0 fully saturated rings. The first kappa shape index (κ1) is 16.6. The summed E-state index contributed by atoms with van der Waals surface area (Å²) < 4.78 is 1.91. The van der Waals surface area contributed by atoms with Crippen LogP contribution in [0.15, 0.2) is 57.5 Å². The molecule has 0 amide bonds. The molecule has 0 spiro atoms. The van der Waals surface area contributed by atoms with Gasteiger partial charge in [0.1, 0.15) is 0 Å². The summed E-state index contributed by atoms with van der Waals surface area (Å²) in [4.78, 5) is 24.0. The van der Waals surface area contributed by atoms with Crippen LogP contribution in [0.3, 0.4) is 0 Å². The zero-order chi connectivity index (χ0) is 15.2. The van der Waals surface area contributed by atoms with Crippen LogP contribution in [-0.4, -0.2) is 26.5 Å². The normalized spacial score (nSPS) is 10.4. The molecule has 0 N–H and O–H groups in total. The van der Waals surface area contributed by atoms with Gasteiger partial charge in [0, 0.05) is 0 Å². The molecule has 21 heavy (non-hydrogen) atoms. The van der Waals surface area contributed by atoms with Gasteiger partial charge in [-0.1, -0.05) is 0 Å². The van der Waals surface area contributed by atoms with Crippen molar-refractivity contribution < 1.29 is 9.59 Å². The first-order chi connectivity index (χ1) is 10.1. The fraction of sp³-hybridized carbons (Fsp3) is 0.125. The molecular formula is C16H12Br2O2Se. The Balaban J connectivity index is 1.83. The van der Waals surface area contributed by atoms with E-state index in [2.05, 4.69) is 31.9 Å². The third kappa shape index (κ3) is 5.19. The quantitative estimate of drug-likeness (QED) is 0.444. The van der Waals surface area contributed by atoms with Crippen molar-refractivity contribution in [3.8, 4) is 0 Å². The Labute approximate surface area is 146 Å². The molecule has 0 saturated heterocycles. The molecule has 0 saturated carbocycles. The molecule has 0 radical (unpaired) electrons. The average molecular weight is 475 g/mol. The number of rotatable bonds is 6. The minimum atomic E-state index is -0.00564. The Morgan fingerprint density at radius 2 is 1.05 bits per heavy atom. The zero-order valence-electron chi connectivity index (χ0n) is 11.0. The van der Waals surface area contributed by atoms with Gasteiger partial charge in [0.2, 0.25) is 0 Å². The fourth-order valence-corrected chi connectivity index (χ4v) is 3.89. The van der Waals surface area contributed by atoms with E-state index in [0.717, 1.165) is 8.95 Å². The molecule has 0 aliphatic rings. The topological polar surface area (TPSA) is 34.1 Å². The summed E-state index contributed by atoms with van der Waals surface area (Å²) in [5.41, 5.74) is 1.41. The summed E-state index contributed by atoms with van der Waals surface area (Å²) in [6.07, 6.45) is 0. The van der Waals surface area contributed by atoms with Crippen LogP contribution < -0.4 is 0 Å². The second-order valence-corrected chi connectivity index (χ2v) is 8.25. The number of hydrogen-bond donors (Lipinski definition) is 0. The van der Waals surface area contributed by atoms with E-state index in [0.29, 0.717) is 21.8 Å². The van der Waals surface area contributed by atoms with Crippen molar-refractivity contribution >= 4 is 58.4 Å². The van der Waals surface area contributed by atoms with Gasteiger partial charge in [0.25, 0.3) is 0 Å². The van der Waals surface area contributed by atoms with Gasteiger partial charge in [-0.05, 0) is 0 Å². The van der Waals surface area contributed by atoms with Gasteiger partial charge in [0.05, 0.1) is 0 Å². The van der Waals surface area contributed by atoms with Gasteiger partial charge in [-0.25, -0.2) is 0 Å². The monoisotopic (exact) mass is 474 g/mol. The predicted octanol–water partition coefficient (Wildman–Crippen LogP) is 4.82. The van der Waals surface area contributed by atoms with E-state index in [1.165, 1.54) is 0 Å². The summed E-state index contributed by atoms with van der Waals surface area (Å²) in [6, 6.07) is 14.6. The van der Waals surface area contributed by atoms with Crippen LogP contribution in [0, 0.1) is 0 Å². The van der Waals surface area contributed by atoms with Crippen LogP contribution in [0.4, 0.5) is 0 Å². The van der Waals surface area contributed by atoms with E-state index in [-0.39, 0.29) is 26.5 Å². The summed E-state index contributed by atoms with van der Waals surface area (Å²) in [5, 5.41) is 0.911. The average Bonchev–Trinajstić information content (AvgIpc) is 2.48. The molecular weight excluding hydrogens is 463 g/mol. The van der Waals surface area contributed by atoms with Crippen LogP contribution in [0.1, 0.15) is 20.7 Å². The molecule has 0 bridgehead atoms. The second kappa shape index (κ2) is 8.04. The van der Waals surface area contributed by atoms with E-state index >= 15 is 0 Å². The van der Waals surface area contributed by atoms with Gasteiger partial charge >= 0.3 is 147 Å². The summed E-state index contributed by atoms with van der Waals surface area (Å²) in [5.74, 6) is 0.206. The minimum absolute atomic E-state index is 0.00564. The molecule has 5 heteroatoms. The van der Waals surface area contributed by atoms with Gasteiger partial charge in [-0.2, -0.15) is 0 Å². The van der Waals surface area contributed by atoms with Gasteiger partial charge < -0.3 is 0 Å². The van der Waals surface area contributed by atoms with Crippen LogP contribution in [0.25, 0.3) is 0 Å². The van der Waals surface area contributed by atoms with Gasteiger partial charge in [-0.3, -0.25) is 0 Å². The van der Waals surface area contributed by atoms with Crippen molar-refractivity contribution in [2.45, 2.75) is 10.6 Å². The number of carbonyl (C=O) groups excluding carboxylic acids is 2. The molecule has 0 atom stereocenters. The van der Waals surface area contributed by atoms with Gasteiger partial charge in [0.15, 0.2) is 0 Å². The maximum absolute atomic E-state index is 12.0. The Bertz CT molecular complexity index is 579. The van der Waals surface area contributed by atoms with Gasteiger partial charge in [-0.15, -0.1) is 0 Å². The maximum atomic E-state index is 12.0. The number of hydrogen-bond acceptors (Lipinski definition) is 2. The van der Waals surface area contributed by atoms with Crippen molar-refractivity contribution in [3.05, 3.63) is 68.6 Å². The summed E-state index contributed by atoms with van der Waals surface area (Å²) in [6.45, 7) is 0. The Kier molecular flexibility index (Phi) is 6.37. The van der Waals surface area contributed by atoms with Crippen LogP contribution >= 0.6 is 31.9 Å². The molecule has 0 aliphatic heterocycles. The molecule has 2 nitrogen and oxygen atoms in total. The zero-order valence-corrected chi connectivity index (χ0v) is 15.9. The Hall–Kier alpha value is -0.741. The number of halogens is 2. The Morgan fingerprint density at radius 3 is 1.38 bits per heavy atom. The summed E-state index contributed by atoms with van der Waals surface area (Å²) in [7, 11) is 0. The van der Waals surface area contributed by atoms with Crippen molar-refractivity contribution in [2.24, 2.45) is 0 Å². The van der Waals surface area contributed by atoms with E-state index < -0.39 is 0 Å². The molecule has 2 rings (SSSR count). The third-order valence-corrected chi connectivity index (χ3v) is 5.81. The van der Waals surface area contributed by atoms with Crippen molar-refractivity contribution in [1.82, 2.24) is 0 Å². The standard InChI is InChI=1S/C16H12Br2O2Se/c17-13-5-1-11(2-6-13)15(19)9-21-10-16(20)12-3-7-14(18)8-4-12/h1-8H,9-10H2. The van der Waals surface area contributed by atoms with Crippen molar-refractivity contribution in [1.29, 1.82) is 0 Å². The molecule has 0 aliphatic carbocycles. The van der Waals surface area contributed by atoms with Crippen molar-refractivity contribution in [2.75, 3.05) is 0 Å². The third-order valence-electron chi connectivity index (χ3n) is 2.80. The van der Waals surface area contributed by atoms with Crippen LogP contribution in [0.2, 0.25) is 10.6 Å². The molecule has 0 aromatic heterocycles. The second-order valence-electron chi connectivity index (χ2n) is 4.35. The first-order valence-corrected chi connectivity index (χ1v) is 10.2. The first-order valence-electron chi connectivity index (χ1n) is 6.21. The number of benzene rings is 2. The predicted molar refractivity (Wildman–Crippen MR) is 92.3 cm³/mol. The van der Waals surface area contributed by atoms with Crippen LogP contribution in [0.5, 0.6) is 0 Å². The molecule has 2 aromatic carbocycles. The SMILES string of the molecule is O=C(C[Se]CC(=O)c1ccc(Br)cc1)c1ccc(Br)cc1. The van der Waals surface area contributed by atoms with E-state index in [1.807, 2.05) is 24.3 Å². The molecule has 0 heterocycles. The number of ketones is 2. The van der Waals surface area contributed by atoms with E-state index in [1.54, 1.807) is 24.3 Å². The molecule has 0 unspecified atom stereocenters. The van der Waals surface area contributed by atoms with E-state index in [4.69, 9.17) is 0 Å². The Morgan fingerprint density at radius 1 is 0.714 bits per heavy atom. The van der Waals surface area contributed by atoms with Crippen LogP contribution in [-0.2, 0) is 0 Å². The molecule has 108 valence electrons. The fourth-order valence-electron chi connectivity index (χ4n) is 1.67. The number of Topliss-reactive ketones (excluding diaryl/α,β-unsaturated/α-hetero) is 2. The van der Waals surface area contributed by atoms with E-state index in [9.17, 15) is 9.59 Å². The number of carbonyl (C=O) groups is 2. The molecule has 2 aromatic rings. The summed E-state index contributed by atoms with van der Waals surface area (Å²) >= 11 is 6.68. The van der Waals surface area contributed by atoms with Crippen molar-refractivity contribution in [3.63, 3.8) is 0 Å².